The molecule has 0 saturated heterocycles. The summed E-state index contributed by atoms with van der Waals surface area (Å²) in [6.45, 7) is 5.04. The van der Waals surface area contributed by atoms with Crippen LogP contribution in [-0.4, -0.2) is 30.5 Å². The van der Waals surface area contributed by atoms with Gasteiger partial charge < -0.3 is 15.4 Å². The minimum absolute atomic E-state index is 0.0404. The van der Waals surface area contributed by atoms with Crippen molar-refractivity contribution in [2.75, 3.05) is 25.0 Å². The van der Waals surface area contributed by atoms with Crippen molar-refractivity contribution < 1.29 is 14.5 Å². The number of nitrogens with zero attached hydrogens (tertiary/aromatic N) is 1. The van der Waals surface area contributed by atoms with E-state index in [0.29, 0.717) is 19.0 Å². The highest BCUT2D eigenvalue weighted by Gasteiger charge is 2.09. The van der Waals surface area contributed by atoms with E-state index in [1.165, 1.54) is 12.1 Å². The maximum absolute atomic E-state index is 11.9. The molecule has 0 aliphatic heterocycles. The normalized spacial score (nSPS) is 10.4. The molecule has 1 amide bonds. The summed E-state index contributed by atoms with van der Waals surface area (Å²) in [5, 5.41) is 16.4. The van der Waals surface area contributed by atoms with E-state index in [0.717, 1.165) is 17.0 Å². The molecule has 7 heteroatoms. The molecule has 2 aromatic rings. The molecule has 7 nitrogen and oxygen atoms in total. The molecule has 0 heterocycles. The van der Waals surface area contributed by atoms with E-state index in [9.17, 15) is 14.9 Å². The Bertz CT molecular complexity index is 745. The number of non-ortho nitro benzene ring substituents is 1. The molecule has 2 N–H and O–H groups in total. The molecule has 138 valence electrons. The van der Waals surface area contributed by atoms with E-state index >= 15 is 0 Å². The van der Waals surface area contributed by atoms with Crippen LogP contribution in [0.5, 0.6) is 5.75 Å². The van der Waals surface area contributed by atoms with Crippen molar-refractivity contribution in [3.05, 3.63) is 64.2 Å². The van der Waals surface area contributed by atoms with Gasteiger partial charge in [-0.25, -0.2) is 0 Å². The van der Waals surface area contributed by atoms with E-state index in [1.54, 1.807) is 12.1 Å². The number of nitro groups is 1. The molecule has 0 aliphatic rings. The molecule has 0 aromatic heterocycles. The van der Waals surface area contributed by atoms with Gasteiger partial charge >= 0.3 is 0 Å². The van der Waals surface area contributed by atoms with Crippen LogP contribution in [0.2, 0.25) is 0 Å². The third-order valence-corrected chi connectivity index (χ3v) is 3.75. The number of benzene rings is 2. The predicted octanol–water partition coefficient (Wildman–Crippen LogP) is 3.33. The Labute approximate surface area is 152 Å². The van der Waals surface area contributed by atoms with Gasteiger partial charge in [-0.1, -0.05) is 32.0 Å². The average molecular weight is 357 g/mol. The fourth-order valence-corrected chi connectivity index (χ4v) is 2.39. The van der Waals surface area contributed by atoms with Crippen molar-refractivity contribution in [2.45, 2.75) is 19.8 Å². The number of anilines is 1. The number of para-hydroxylation sites is 1. The molecule has 26 heavy (non-hydrogen) atoms. The lowest BCUT2D eigenvalue weighted by Gasteiger charge is -2.14. The van der Waals surface area contributed by atoms with Crippen LogP contribution in [0.25, 0.3) is 0 Å². The van der Waals surface area contributed by atoms with E-state index < -0.39 is 4.92 Å². The third-order valence-electron chi connectivity index (χ3n) is 3.75. The number of hydrogen-bond donors (Lipinski definition) is 2. The van der Waals surface area contributed by atoms with Crippen LogP contribution in [0.1, 0.15) is 25.3 Å². The molecule has 0 unspecified atom stereocenters. The summed E-state index contributed by atoms with van der Waals surface area (Å²) >= 11 is 0. The van der Waals surface area contributed by atoms with Crippen LogP contribution >= 0.6 is 0 Å². The van der Waals surface area contributed by atoms with Gasteiger partial charge in [-0.2, -0.15) is 0 Å². The molecule has 0 atom stereocenters. The molecule has 2 aromatic carbocycles. The Morgan fingerprint density at radius 3 is 2.46 bits per heavy atom. The molecule has 0 fully saturated rings. The second-order valence-corrected chi connectivity index (χ2v) is 6.06. The zero-order chi connectivity index (χ0) is 18.9. The number of hydrogen-bond acceptors (Lipinski definition) is 5. The number of carbonyl (C=O) groups is 1. The SMILES string of the molecule is CC(C)c1ccccc1OCC(=O)NCCNc1ccc([N+](=O)[O-])cc1. The van der Waals surface area contributed by atoms with Crippen molar-refractivity contribution in [3.63, 3.8) is 0 Å². The maximum Gasteiger partial charge on any atom is 0.269 e. The van der Waals surface area contributed by atoms with Gasteiger partial charge in [0.15, 0.2) is 6.61 Å². The van der Waals surface area contributed by atoms with Gasteiger partial charge in [-0.3, -0.25) is 14.9 Å². The van der Waals surface area contributed by atoms with Gasteiger partial charge in [-0.15, -0.1) is 0 Å². The molecule has 0 radical (unpaired) electrons. The predicted molar refractivity (Wildman–Crippen MR) is 101 cm³/mol. The van der Waals surface area contributed by atoms with Crippen molar-refractivity contribution in [2.24, 2.45) is 0 Å². The first-order chi connectivity index (χ1) is 12.5. The first-order valence-corrected chi connectivity index (χ1v) is 8.44. The Morgan fingerprint density at radius 2 is 1.81 bits per heavy atom. The minimum Gasteiger partial charge on any atom is -0.483 e. The fraction of sp³-hybridized carbons (Fsp3) is 0.316. The fourth-order valence-electron chi connectivity index (χ4n) is 2.39. The standard InChI is InChI=1S/C19H23N3O4/c1-14(2)17-5-3-4-6-18(17)26-13-19(23)21-12-11-20-15-7-9-16(10-8-15)22(24)25/h3-10,14,20H,11-13H2,1-2H3,(H,21,23). The van der Waals surface area contributed by atoms with Gasteiger partial charge in [0.2, 0.25) is 0 Å². The number of nitro benzene ring substituents is 1. The highest BCUT2D eigenvalue weighted by atomic mass is 16.6. The van der Waals surface area contributed by atoms with Gasteiger partial charge in [0.25, 0.3) is 11.6 Å². The third kappa shape index (κ3) is 5.77. The summed E-state index contributed by atoms with van der Waals surface area (Å²) in [5.41, 5.74) is 1.87. The van der Waals surface area contributed by atoms with Crippen LogP contribution in [0.15, 0.2) is 48.5 Å². The molecule has 0 spiro atoms. The molecular weight excluding hydrogens is 334 g/mol. The zero-order valence-electron chi connectivity index (χ0n) is 14.9. The second kappa shape index (κ2) is 9.41. The number of amides is 1. The first kappa shape index (κ1) is 19.2. The van der Waals surface area contributed by atoms with Gasteiger partial charge in [0.1, 0.15) is 5.75 Å². The minimum atomic E-state index is -0.443. The Balaban J connectivity index is 1.70. The Morgan fingerprint density at radius 1 is 1.12 bits per heavy atom. The lowest BCUT2D eigenvalue weighted by Crippen LogP contribution is -2.32. The summed E-state index contributed by atoms with van der Waals surface area (Å²) in [5.74, 6) is 0.843. The van der Waals surface area contributed by atoms with Gasteiger partial charge in [-0.05, 0) is 29.7 Å². The van der Waals surface area contributed by atoms with Gasteiger partial charge in [0, 0.05) is 30.9 Å². The monoisotopic (exact) mass is 357 g/mol. The smallest absolute Gasteiger partial charge is 0.269 e. The molecule has 0 saturated carbocycles. The van der Waals surface area contributed by atoms with Crippen molar-refractivity contribution in [1.29, 1.82) is 0 Å². The lowest BCUT2D eigenvalue weighted by molar-refractivity contribution is -0.384. The number of carbonyl (C=O) groups excluding carboxylic acids is 1. The van der Waals surface area contributed by atoms with Crippen molar-refractivity contribution >= 4 is 17.3 Å². The Hall–Kier alpha value is -3.09. The number of nitrogens with one attached hydrogen (secondary N) is 2. The van der Waals surface area contributed by atoms with E-state index in [1.807, 2.05) is 24.3 Å². The molecule has 2 rings (SSSR count). The molecule has 0 aliphatic carbocycles. The Kier molecular flexibility index (Phi) is 6.96. The molecular formula is C19H23N3O4. The second-order valence-electron chi connectivity index (χ2n) is 6.06. The maximum atomic E-state index is 11.9. The average Bonchev–Trinajstić information content (AvgIpc) is 2.64. The summed E-state index contributed by atoms with van der Waals surface area (Å²) in [4.78, 5) is 22.0. The molecule has 0 bridgehead atoms. The summed E-state index contributed by atoms with van der Waals surface area (Å²) < 4.78 is 5.61. The van der Waals surface area contributed by atoms with Crippen LogP contribution in [0, 0.1) is 10.1 Å². The zero-order valence-corrected chi connectivity index (χ0v) is 14.9. The highest BCUT2D eigenvalue weighted by Crippen LogP contribution is 2.25. The van der Waals surface area contributed by atoms with Crippen LogP contribution < -0.4 is 15.4 Å². The van der Waals surface area contributed by atoms with Crippen molar-refractivity contribution in [3.8, 4) is 5.75 Å². The van der Waals surface area contributed by atoms with E-state index in [4.69, 9.17) is 4.74 Å². The first-order valence-electron chi connectivity index (χ1n) is 8.44. The van der Waals surface area contributed by atoms with E-state index in [-0.39, 0.29) is 18.2 Å². The summed E-state index contributed by atoms with van der Waals surface area (Å²) in [7, 11) is 0. The summed E-state index contributed by atoms with van der Waals surface area (Å²) in [6.07, 6.45) is 0. The van der Waals surface area contributed by atoms with E-state index in [2.05, 4.69) is 24.5 Å². The summed E-state index contributed by atoms with van der Waals surface area (Å²) in [6, 6.07) is 13.8. The van der Waals surface area contributed by atoms with Crippen LogP contribution in [0.4, 0.5) is 11.4 Å². The van der Waals surface area contributed by atoms with Crippen molar-refractivity contribution in [1.82, 2.24) is 5.32 Å². The van der Waals surface area contributed by atoms with Crippen LogP contribution in [0.3, 0.4) is 0 Å². The van der Waals surface area contributed by atoms with Crippen LogP contribution in [-0.2, 0) is 4.79 Å². The number of rotatable bonds is 9. The largest absolute Gasteiger partial charge is 0.483 e. The highest BCUT2D eigenvalue weighted by molar-refractivity contribution is 5.77. The topological polar surface area (TPSA) is 93.5 Å². The number of ether oxygens (including phenoxy) is 1. The quantitative estimate of drug-likeness (QED) is 0.408. The van der Waals surface area contributed by atoms with Gasteiger partial charge in [0.05, 0.1) is 4.92 Å². The lowest BCUT2D eigenvalue weighted by atomic mass is 10.0.